The minimum absolute atomic E-state index is 0.0635. The molecule has 0 bridgehead atoms. The number of epoxide rings is 1. The standard InChI is InChI=1S/C14H23NO4/c1-3-9(2)14(17)18-7-6-15-13(16)10-4-5-11-12(8-10)19-11/h9-12H,3-8H2,1-2H3,(H,15,16). The molecule has 0 aromatic rings. The highest BCUT2D eigenvalue weighted by Gasteiger charge is 2.45. The van der Waals surface area contributed by atoms with Crippen molar-refractivity contribution in [3.8, 4) is 0 Å². The number of carbonyl (C=O) groups excluding carboxylic acids is 2. The van der Waals surface area contributed by atoms with Crippen LogP contribution < -0.4 is 5.32 Å². The van der Waals surface area contributed by atoms with E-state index in [1.807, 2.05) is 13.8 Å². The molecule has 1 saturated heterocycles. The predicted molar refractivity (Wildman–Crippen MR) is 69.4 cm³/mol. The number of fused-ring (bicyclic) bond motifs is 1. The number of ether oxygens (including phenoxy) is 2. The lowest BCUT2D eigenvalue weighted by atomic mass is 9.89. The lowest BCUT2D eigenvalue weighted by Gasteiger charge is -2.18. The van der Waals surface area contributed by atoms with Crippen molar-refractivity contribution in [2.45, 2.75) is 51.7 Å². The van der Waals surface area contributed by atoms with Crippen molar-refractivity contribution < 1.29 is 19.1 Å². The molecular formula is C14H23NO4. The molecule has 1 saturated carbocycles. The maximum absolute atomic E-state index is 11.9. The van der Waals surface area contributed by atoms with Crippen molar-refractivity contribution in [1.82, 2.24) is 5.32 Å². The molecule has 2 rings (SSSR count). The number of amides is 1. The number of rotatable bonds is 6. The molecule has 5 nitrogen and oxygen atoms in total. The van der Waals surface area contributed by atoms with Crippen LogP contribution in [0, 0.1) is 11.8 Å². The number of hydrogen-bond acceptors (Lipinski definition) is 4. The largest absolute Gasteiger partial charge is 0.464 e. The first-order valence-electron chi connectivity index (χ1n) is 7.21. The SMILES string of the molecule is CCC(C)C(=O)OCCNC(=O)C1CCC2OC2C1. The molecule has 4 atom stereocenters. The van der Waals surface area contributed by atoms with Gasteiger partial charge in [0, 0.05) is 5.92 Å². The summed E-state index contributed by atoms with van der Waals surface area (Å²) in [7, 11) is 0. The second-order valence-electron chi connectivity index (χ2n) is 5.49. The van der Waals surface area contributed by atoms with E-state index >= 15 is 0 Å². The van der Waals surface area contributed by atoms with Gasteiger partial charge in [0.05, 0.1) is 24.7 Å². The molecule has 0 radical (unpaired) electrons. The Morgan fingerprint density at radius 1 is 1.37 bits per heavy atom. The van der Waals surface area contributed by atoms with Gasteiger partial charge in [-0.05, 0) is 25.7 Å². The number of esters is 1. The zero-order valence-corrected chi connectivity index (χ0v) is 11.7. The zero-order chi connectivity index (χ0) is 13.8. The van der Waals surface area contributed by atoms with Crippen molar-refractivity contribution in [2.24, 2.45) is 11.8 Å². The quantitative estimate of drug-likeness (QED) is 0.448. The van der Waals surface area contributed by atoms with Gasteiger partial charge in [-0.2, -0.15) is 0 Å². The molecule has 2 fully saturated rings. The van der Waals surface area contributed by atoms with Gasteiger partial charge in [0.1, 0.15) is 6.61 Å². The smallest absolute Gasteiger partial charge is 0.308 e. The molecule has 0 aromatic carbocycles. The lowest BCUT2D eigenvalue weighted by Crippen LogP contribution is -2.36. The molecule has 19 heavy (non-hydrogen) atoms. The van der Waals surface area contributed by atoms with Crippen LogP contribution in [-0.2, 0) is 19.1 Å². The number of carbonyl (C=O) groups is 2. The summed E-state index contributed by atoms with van der Waals surface area (Å²) < 4.78 is 10.5. The highest BCUT2D eigenvalue weighted by Crippen LogP contribution is 2.39. The van der Waals surface area contributed by atoms with Gasteiger partial charge in [-0.1, -0.05) is 13.8 Å². The van der Waals surface area contributed by atoms with Gasteiger partial charge in [0.15, 0.2) is 0 Å². The van der Waals surface area contributed by atoms with Gasteiger partial charge in [-0.3, -0.25) is 9.59 Å². The lowest BCUT2D eigenvalue weighted by molar-refractivity contribution is -0.148. The maximum Gasteiger partial charge on any atom is 0.308 e. The summed E-state index contributed by atoms with van der Waals surface area (Å²) in [6, 6.07) is 0. The summed E-state index contributed by atoms with van der Waals surface area (Å²) in [5.41, 5.74) is 0. The van der Waals surface area contributed by atoms with E-state index in [1.54, 1.807) is 0 Å². The normalized spacial score (nSPS) is 30.1. The van der Waals surface area contributed by atoms with Crippen LogP contribution in [0.15, 0.2) is 0 Å². The topological polar surface area (TPSA) is 67.9 Å². The van der Waals surface area contributed by atoms with Crippen LogP contribution in [0.5, 0.6) is 0 Å². The second-order valence-corrected chi connectivity index (χ2v) is 5.49. The average Bonchev–Trinajstić information content (AvgIpc) is 3.20. The predicted octanol–water partition coefficient (Wildman–Crippen LogP) is 1.26. The van der Waals surface area contributed by atoms with Gasteiger partial charge in [0.25, 0.3) is 0 Å². The van der Waals surface area contributed by atoms with Crippen LogP contribution in [0.3, 0.4) is 0 Å². The molecule has 1 N–H and O–H groups in total. The molecule has 1 aliphatic carbocycles. The summed E-state index contributed by atoms with van der Waals surface area (Å²) in [6.07, 6.45) is 4.23. The van der Waals surface area contributed by atoms with Crippen LogP contribution in [-0.4, -0.2) is 37.2 Å². The first-order chi connectivity index (χ1) is 9.11. The van der Waals surface area contributed by atoms with Crippen LogP contribution in [0.1, 0.15) is 39.5 Å². The monoisotopic (exact) mass is 269 g/mol. The van der Waals surface area contributed by atoms with Gasteiger partial charge in [0.2, 0.25) is 5.91 Å². The second kappa shape index (κ2) is 6.37. The first kappa shape index (κ1) is 14.3. The zero-order valence-electron chi connectivity index (χ0n) is 11.7. The molecule has 1 aliphatic heterocycles. The van der Waals surface area contributed by atoms with Gasteiger partial charge in [-0.25, -0.2) is 0 Å². The Hall–Kier alpha value is -1.10. The Morgan fingerprint density at radius 3 is 2.84 bits per heavy atom. The molecule has 0 spiro atoms. The van der Waals surface area contributed by atoms with E-state index in [0.29, 0.717) is 18.8 Å². The van der Waals surface area contributed by atoms with Crippen molar-refractivity contribution >= 4 is 11.9 Å². The van der Waals surface area contributed by atoms with Crippen molar-refractivity contribution in [3.05, 3.63) is 0 Å². The molecular weight excluding hydrogens is 246 g/mol. The Morgan fingerprint density at radius 2 is 2.16 bits per heavy atom. The van der Waals surface area contributed by atoms with Crippen LogP contribution in [0.4, 0.5) is 0 Å². The summed E-state index contributed by atoms with van der Waals surface area (Å²) >= 11 is 0. The minimum atomic E-state index is -0.191. The van der Waals surface area contributed by atoms with E-state index in [1.165, 1.54) is 0 Å². The number of nitrogens with one attached hydrogen (secondary N) is 1. The molecule has 0 aromatic heterocycles. The minimum Gasteiger partial charge on any atom is -0.464 e. The van der Waals surface area contributed by atoms with E-state index < -0.39 is 0 Å². The molecule has 2 aliphatic rings. The Labute approximate surface area is 114 Å². The fraction of sp³-hybridized carbons (Fsp3) is 0.857. The van der Waals surface area contributed by atoms with Crippen LogP contribution >= 0.6 is 0 Å². The third-order valence-corrected chi connectivity index (χ3v) is 4.04. The Bertz CT molecular complexity index is 344. The summed E-state index contributed by atoms with van der Waals surface area (Å²) in [5.74, 6) is -0.135. The number of hydrogen-bond donors (Lipinski definition) is 1. The van der Waals surface area contributed by atoms with E-state index in [-0.39, 0.29) is 30.3 Å². The highest BCUT2D eigenvalue weighted by molar-refractivity contribution is 5.79. The van der Waals surface area contributed by atoms with Gasteiger partial charge in [-0.15, -0.1) is 0 Å². The summed E-state index contributed by atoms with van der Waals surface area (Å²) in [4.78, 5) is 23.3. The third kappa shape index (κ3) is 3.93. The van der Waals surface area contributed by atoms with Crippen molar-refractivity contribution in [3.63, 3.8) is 0 Å². The fourth-order valence-electron chi connectivity index (χ4n) is 2.42. The average molecular weight is 269 g/mol. The van der Waals surface area contributed by atoms with E-state index in [4.69, 9.17) is 9.47 Å². The highest BCUT2D eigenvalue weighted by atomic mass is 16.6. The fourth-order valence-corrected chi connectivity index (χ4v) is 2.42. The summed E-state index contributed by atoms with van der Waals surface area (Å²) in [5, 5.41) is 2.83. The van der Waals surface area contributed by atoms with Gasteiger partial charge < -0.3 is 14.8 Å². The van der Waals surface area contributed by atoms with Crippen LogP contribution in [0.25, 0.3) is 0 Å². The van der Waals surface area contributed by atoms with Crippen molar-refractivity contribution in [2.75, 3.05) is 13.2 Å². The molecule has 1 amide bonds. The summed E-state index contributed by atoms with van der Waals surface area (Å²) in [6.45, 7) is 4.44. The first-order valence-corrected chi connectivity index (χ1v) is 7.21. The molecule has 108 valence electrons. The van der Waals surface area contributed by atoms with Crippen molar-refractivity contribution in [1.29, 1.82) is 0 Å². The van der Waals surface area contributed by atoms with E-state index in [0.717, 1.165) is 25.7 Å². The van der Waals surface area contributed by atoms with Crippen LogP contribution in [0.2, 0.25) is 0 Å². The Kier molecular flexibility index (Phi) is 4.80. The Balaban J connectivity index is 1.57. The van der Waals surface area contributed by atoms with E-state index in [9.17, 15) is 9.59 Å². The molecule has 4 unspecified atom stereocenters. The molecule has 1 heterocycles. The maximum atomic E-state index is 11.9. The van der Waals surface area contributed by atoms with E-state index in [2.05, 4.69) is 5.32 Å². The molecule has 5 heteroatoms. The van der Waals surface area contributed by atoms with Gasteiger partial charge >= 0.3 is 5.97 Å². The third-order valence-electron chi connectivity index (χ3n) is 4.04.